The number of amides is 1. The minimum absolute atomic E-state index is 0.135. The topological polar surface area (TPSA) is 89.3 Å². The van der Waals surface area contributed by atoms with Crippen molar-refractivity contribution in [2.45, 2.75) is 30.3 Å². The van der Waals surface area contributed by atoms with Gasteiger partial charge in [0.15, 0.2) is 0 Å². The van der Waals surface area contributed by atoms with E-state index in [0.717, 1.165) is 6.07 Å². The summed E-state index contributed by atoms with van der Waals surface area (Å²) in [7, 11) is -4.03. The SMILES string of the molecule is NS(=O)(=O)c1cc(C(=O)NCC(F)(F)F)cc2c1CCC2. The number of nitrogens with two attached hydrogens (primary N) is 1. The van der Waals surface area contributed by atoms with E-state index in [1.54, 1.807) is 5.32 Å². The number of primary sulfonamides is 1. The number of carbonyl (C=O) groups is 1. The molecule has 1 amide bonds. The molecule has 1 aromatic carbocycles. The number of benzene rings is 1. The van der Waals surface area contributed by atoms with Gasteiger partial charge in [-0.15, -0.1) is 0 Å². The summed E-state index contributed by atoms with van der Waals surface area (Å²) in [5, 5.41) is 6.81. The van der Waals surface area contributed by atoms with Crippen molar-refractivity contribution in [3.8, 4) is 0 Å². The van der Waals surface area contributed by atoms with Crippen molar-refractivity contribution in [3.63, 3.8) is 0 Å². The lowest BCUT2D eigenvalue weighted by atomic mass is 10.1. The summed E-state index contributed by atoms with van der Waals surface area (Å²) >= 11 is 0. The Labute approximate surface area is 119 Å². The molecule has 0 radical (unpaired) electrons. The van der Waals surface area contributed by atoms with Crippen LogP contribution in [0.4, 0.5) is 13.2 Å². The maximum Gasteiger partial charge on any atom is 0.405 e. The number of sulfonamides is 1. The molecule has 1 aliphatic rings. The smallest absolute Gasteiger partial charge is 0.343 e. The normalized spacial score (nSPS) is 14.9. The van der Waals surface area contributed by atoms with Crippen molar-refractivity contribution >= 4 is 15.9 Å². The largest absolute Gasteiger partial charge is 0.405 e. The molecule has 1 aliphatic carbocycles. The summed E-state index contributed by atoms with van der Waals surface area (Å²) in [6.45, 7) is -1.48. The fraction of sp³-hybridized carbons (Fsp3) is 0.417. The van der Waals surface area contributed by atoms with E-state index < -0.39 is 28.7 Å². The molecule has 0 aromatic heterocycles. The van der Waals surface area contributed by atoms with Gasteiger partial charge in [-0.3, -0.25) is 4.79 Å². The summed E-state index contributed by atoms with van der Waals surface area (Å²) in [5.74, 6) is -0.980. The molecule has 21 heavy (non-hydrogen) atoms. The molecule has 1 aromatic rings. The fourth-order valence-corrected chi connectivity index (χ4v) is 3.20. The molecule has 0 atom stereocenters. The van der Waals surface area contributed by atoms with E-state index in [-0.39, 0.29) is 10.5 Å². The first-order valence-corrected chi connectivity index (χ1v) is 7.66. The predicted octanol–water partition coefficient (Wildman–Crippen LogP) is 1.11. The third kappa shape index (κ3) is 3.73. The number of carbonyl (C=O) groups excluding carboxylic acids is 1. The Bertz CT molecular complexity index is 684. The van der Waals surface area contributed by atoms with Crippen LogP contribution < -0.4 is 10.5 Å². The van der Waals surface area contributed by atoms with E-state index in [9.17, 15) is 26.4 Å². The molecule has 0 spiro atoms. The molecule has 116 valence electrons. The summed E-state index contributed by atoms with van der Waals surface area (Å²) in [6, 6.07) is 2.45. The van der Waals surface area contributed by atoms with E-state index in [1.807, 2.05) is 0 Å². The van der Waals surface area contributed by atoms with Crippen LogP contribution in [0.1, 0.15) is 27.9 Å². The molecule has 5 nitrogen and oxygen atoms in total. The lowest BCUT2D eigenvalue weighted by Gasteiger charge is -2.12. The van der Waals surface area contributed by atoms with Gasteiger partial charge in [0.05, 0.1) is 4.90 Å². The maximum absolute atomic E-state index is 12.1. The number of nitrogens with one attached hydrogen (secondary N) is 1. The van der Waals surface area contributed by atoms with Gasteiger partial charge in [-0.25, -0.2) is 13.6 Å². The predicted molar refractivity (Wildman–Crippen MR) is 68.2 cm³/mol. The van der Waals surface area contributed by atoms with Crippen LogP contribution >= 0.6 is 0 Å². The van der Waals surface area contributed by atoms with E-state index in [1.165, 1.54) is 6.07 Å². The standard InChI is InChI=1S/C12H13F3N2O3S/c13-12(14,15)6-17-11(18)8-4-7-2-1-3-9(7)10(5-8)21(16,19)20/h4-5H,1-3,6H2,(H,17,18)(H2,16,19,20). The monoisotopic (exact) mass is 322 g/mol. The highest BCUT2D eigenvalue weighted by Gasteiger charge is 2.29. The van der Waals surface area contributed by atoms with Gasteiger partial charge in [-0.1, -0.05) is 0 Å². The quantitative estimate of drug-likeness (QED) is 0.874. The Hall–Kier alpha value is -1.61. The van der Waals surface area contributed by atoms with Crippen molar-refractivity contribution < 1.29 is 26.4 Å². The molecule has 0 aliphatic heterocycles. The van der Waals surface area contributed by atoms with Crippen LogP contribution in [0.15, 0.2) is 17.0 Å². The second-order valence-electron chi connectivity index (χ2n) is 4.81. The summed E-state index contributed by atoms with van der Waals surface area (Å²) in [6.07, 6.45) is -2.73. The van der Waals surface area contributed by atoms with Crippen LogP contribution in [0.3, 0.4) is 0 Å². The van der Waals surface area contributed by atoms with Gasteiger partial charge >= 0.3 is 6.18 Å². The number of hydrogen-bond donors (Lipinski definition) is 2. The third-order valence-electron chi connectivity index (χ3n) is 3.19. The first kappa shape index (κ1) is 15.8. The molecule has 0 saturated carbocycles. The van der Waals surface area contributed by atoms with Crippen LogP contribution in [-0.4, -0.2) is 27.0 Å². The zero-order chi connectivity index (χ0) is 15.8. The van der Waals surface area contributed by atoms with E-state index >= 15 is 0 Å². The summed E-state index contributed by atoms with van der Waals surface area (Å²) in [5.41, 5.74) is 1.05. The molecule has 0 heterocycles. The van der Waals surface area contributed by atoms with Crippen LogP contribution in [0.25, 0.3) is 0 Å². The lowest BCUT2D eigenvalue weighted by molar-refractivity contribution is -0.123. The minimum atomic E-state index is -4.53. The van der Waals surface area contributed by atoms with Crippen LogP contribution in [0.2, 0.25) is 0 Å². The first-order valence-electron chi connectivity index (χ1n) is 6.11. The van der Waals surface area contributed by atoms with Crippen LogP contribution in [0.5, 0.6) is 0 Å². The third-order valence-corrected chi connectivity index (χ3v) is 4.17. The molecule has 0 fully saturated rings. The Balaban J connectivity index is 2.36. The van der Waals surface area contributed by atoms with Crippen molar-refractivity contribution in [1.29, 1.82) is 0 Å². The van der Waals surface area contributed by atoms with Gasteiger partial charge in [-0.2, -0.15) is 13.2 Å². The second kappa shape index (κ2) is 5.30. The van der Waals surface area contributed by atoms with E-state index in [2.05, 4.69) is 0 Å². The van der Waals surface area contributed by atoms with Gasteiger partial charge in [0.1, 0.15) is 6.54 Å². The van der Waals surface area contributed by atoms with Crippen LogP contribution in [-0.2, 0) is 22.9 Å². The summed E-state index contributed by atoms with van der Waals surface area (Å²) in [4.78, 5) is 11.5. The highest BCUT2D eigenvalue weighted by molar-refractivity contribution is 7.89. The number of halogens is 3. The van der Waals surface area contributed by atoms with Gasteiger partial charge in [0, 0.05) is 5.56 Å². The van der Waals surface area contributed by atoms with Gasteiger partial charge in [-0.05, 0) is 42.5 Å². The Morgan fingerprint density at radius 2 is 1.95 bits per heavy atom. The summed E-state index contributed by atoms with van der Waals surface area (Å²) < 4.78 is 59.4. The molecular formula is C12H13F3N2O3S. The Kier molecular flexibility index (Phi) is 3.98. The van der Waals surface area contributed by atoms with Crippen molar-refractivity contribution in [2.24, 2.45) is 5.14 Å². The van der Waals surface area contributed by atoms with E-state index in [0.29, 0.717) is 30.4 Å². The molecular weight excluding hydrogens is 309 g/mol. The first-order chi connectivity index (χ1) is 9.58. The number of hydrogen-bond acceptors (Lipinski definition) is 3. The molecule has 0 saturated heterocycles. The van der Waals surface area contributed by atoms with Gasteiger partial charge in [0.2, 0.25) is 10.0 Å². The van der Waals surface area contributed by atoms with Gasteiger partial charge in [0.25, 0.3) is 5.91 Å². The molecule has 0 unspecified atom stereocenters. The Morgan fingerprint density at radius 3 is 2.52 bits per heavy atom. The number of fused-ring (bicyclic) bond motifs is 1. The fourth-order valence-electron chi connectivity index (χ4n) is 2.33. The maximum atomic E-state index is 12.1. The zero-order valence-corrected chi connectivity index (χ0v) is 11.6. The average molecular weight is 322 g/mol. The minimum Gasteiger partial charge on any atom is -0.343 e. The average Bonchev–Trinajstić information content (AvgIpc) is 2.80. The molecule has 0 bridgehead atoms. The van der Waals surface area contributed by atoms with E-state index in [4.69, 9.17) is 5.14 Å². The highest BCUT2D eigenvalue weighted by atomic mass is 32.2. The molecule has 3 N–H and O–H groups in total. The van der Waals surface area contributed by atoms with Gasteiger partial charge < -0.3 is 5.32 Å². The van der Waals surface area contributed by atoms with Crippen molar-refractivity contribution in [2.75, 3.05) is 6.54 Å². The van der Waals surface area contributed by atoms with Crippen molar-refractivity contribution in [1.82, 2.24) is 5.32 Å². The zero-order valence-electron chi connectivity index (χ0n) is 10.8. The van der Waals surface area contributed by atoms with Crippen molar-refractivity contribution in [3.05, 3.63) is 28.8 Å². The number of rotatable bonds is 3. The highest BCUT2D eigenvalue weighted by Crippen LogP contribution is 2.29. The van der Waals surface area contributed by atoms with Crippen LogP contribution in [0, 0.1) is 0 Å². The number of alkyl halides is 3. The number of aryl methyl sites for hydroxylation is 1. The Morgan fingerprint density at radius 1 is 1.29 bits per heavy atom. The lowest BCUT2D eigenvalue weighted by Crippen LogP contribution is -2.34. The second-order valence-corrected chi connectivity index (χ2v) is 6.34. The molecule has 9 heteroatoms. The molecule has 2 rings (SSSR count).